The first-order valence-electron chi connectivity index (χ1n) is 10.9. The molecule has 3 aromatic rings. The van der Waals surface area contributed by atoms with E-state index in [1.54, 1.807) is 24.3 Å². The van der Waals surface area contributed by atoms with E-state index >= 15 is 0 Å². The molecule has 1 fully saturated rings. The molecule has 1 unspecified atom stereocenters. The topological polar surface area (TPSA) is 82.3 Å². The number of benzene rings is 2. The smallest absolute Gasteiger partial charge is 0.416 e. The molecule has 35 heavy (non-hydrogen) atoms. The largest absolute Gasteiger partial charge is 0.460 e. The van der Waals surface area contributed by atoms with Crippen molar-refractivity contribution in [1.82, 2.24) is 9.97 Å². The highest BCUT2D eigenvalue weighted by molar-refractivity contribution is 5.85. The second kappa shape index (κ2) is 10.0. The molecule has 1 atom stereocenters. The minimum atomic E-state index is -4.42. The Morgan fingerprint density at radius 3 is 2.37 bits per heavy atom. The van der Waals surface area contributed by atoms with Crippen LogP contribution in [0.4, 0.5) is 24.7 Å². The number of anilines is 2. The zero-order valence-electron chi connectivity index (χ0n) is 18.7. The van der Waals surface area contributed by atoms with Gasteiger partial charge in [0.05, 0.1) is 22.7 Å². The highest BCUT2D eigenvalue weighted by Gasteiger charge is 2.33. The average Bonchev–Trinajstić information content (AvgIpc) is 2.87. The summed E-state index contributed by atoms with van der Waals surface area (Å²) in [5.74, 6) is -1.65. The zero-order valence-corrected chi connectivity index (χ0v) is 18.7. The number of halogens is 3. The minimum absolute atomic E-state index is 0.0387. The molecule has 1 aliphatic heterocycles. The van der Waals surface area contributed by atoms with E-state index in [1.807, 2.05) is 21.9 Å². The van der Waals surface area contributed by atoms with E-state index in [0.717, 1.165) is 12.1 Å². The SMILES string of the molecule is C=CCOC(=O)C(C#N)c1nc2ccccc2nc1N1CCN(c2cccc(C(F)(F)F)c2)CC1. The summed E-state index contributed by atoms with van der Waals surface area (Å²) in [6, 6.07) is 14.3. The van der Waals surface area contributed by atoms with Crippen molar-refractivity contribution >= 4 is 28.5 Å². The Kier molecular flexibility index (Phi) is 6.87. The number of para-hydroxylation sites is 2. The molecule has 1 aliphatic rings. The number of alkyl halides is 3. The van der Waals surface area contributed by atoms with Gasteiger partial charge in [-0.05, 0) is 30.3 Å². The van der Waals surface area contributed by atoms with Crippen molar-refractivity contribution in [3.8, 4) is 6.07 Å². The van der Waals surface area contributed by atoms with Crippen LogP contribution in [0.2, 0.25) is 0 Å². The van der Waals surface area contributed by atoms with Gasteiger partial charge in [0, 0.05) is 31.9 Å². The molecule has 0 bridgehead atoms. The lowest BCUT2D eigenvalue weighted by molar-refractivity contribution is -0.143. The molecule has 4 rings (SSSR count). The molecule has 1 aromatic heterocycles. The Morgan fingerprint density at radius 1 is 1.09 bits per heavy atom. The lowest BCUT2D eigenvalue weighted by Gasteiger charge is -2.37. The summed E-state index contributed by atoms with van der Waals surface area (Å²) >= 11 is 0. The van der Waals surface area contributed by atoms with E-state index in [1.165, 1.54) is 12.1 Å². The molecule has 0 aliphatic carbocycles. The van der Waals surface area contributed by atoms with Crippen LogP contribution in [0.3, 0.4) is 0 Å². The molecule has 180 valence electrons. The molecule has 2 aromatic carbocycles. The number of esters is 1. The Balaban J connectivity index is 1.63. The second-order valence-corrected chi connectivity index (χ2v) is 7.92. The maximum Gasteiger partial charge on any atom is 0.416 e. The quantitative estimate of drug-likeness (QED) is 0.383. The molecular formula is C25H22F3N5O2. The zero-order chi connectivity index (χ0) is 25.0. The van der Waals surface area contributed by atoms with Crippen LogP contribution in [-0.4, -0.2) is 48.7 Å². The molecule has 0 radical (unpaired) electrons. The summed E-state index contributed by atoms with van der Waals surface area (Å²) in [7, 11) is 0. The van der Waals surface area contributed by atoms with Crippen molar-refractivity contribution in [3.05, 3.63) is 72.4 Å². The number of carbonyl (C=O) groups excluding carboxylic acids is 1. The number of fused-ring (bicyclic) bond motifs is 1. The highest BCUT2D eigenvalue weighted by atomic mass is 19.4. The number of aromatic nitrogens is 2. The maximum atomic E-state index is 13.1. The van der Waals surface area contributed by atoms with E-state index in [0.29, 0.717) is 48.7 Å². The lowest BCUT2D eigenvalue weighted by atomic mass is 10.1. The van der Waals surface area contributed by atoms with Gasteiger partial charge in [-0.2, -0.15) is 18.4 Å². The van der Waals surface area contributed by atoms with Crippen molar-refractivity contribution in [2.45, 2.75) is 12.1 Å². The number of piperazine rings is 1. The van der Waals surface area contributed by atoms with Gasteiger partial charge in [0.25, 0.3) is 0 Å². The molecule has 7 nitrogen and oxygen atoms in total. The summed E-state index contributed by atoms with van der Waals surface area (Å²) in [4.78, 5) is 25.6. The van der Waals surface area contributed by atoms with E-state index in [2.05, 4.69) is 11.6 Å². The first-order valence-corrected chi connectivity index (χ1v) is 10.9. The van der Waals surface area contributed by atoms with Gasteiger partial charge in [-0.3, -0.25) is 4.79 Å². The van der Waals surface area contributed by atoms with E-state index in [4.69, 9.17) is 9.72 Å². The fraction of sp³-hybridized carbons (Fsp3) is 0.280. The van der Waals surface area contributed by atoms with E-state index < -0.39 is 23.6 Å². The Labute approximate surface area is 200 Å². The predicted octanol–water partition coefficient (Wildman–Crippen LogP) is 4.31. The normalized spacial score (nSPS) is 14.9. The number of nitriles is 1. The maximum absolute atomic E-state index is 13.1. The number of hydrogen-bond donors (Lipinski definition) is 0. The number of ether oxygens (including phenoxy) is 1. The summed E-state index contributed by atoms with van der Waals surface area (Å²) in [5, 5.41) is 9.76. The third kappa shape index (κ3) is 5.19. The molecule has 0 spiro atoms. The van der Waals surface area contributed by atoms with Gasteiger partial charge < -0.3 is 14.5 Å². The Morgan fingerprint density at radius 2 is 1.74 bits per heavy atom. The van der Waals surface area contributed by atoms with E-state index in [9.17, 15) is 23.2 Å². The summed E-state index contributed by atoms with van der Waals surface area (Å²) in [6.45, 7) is 5.14. The van der Waals surface area contributed by atoms with Gasteiger partial charge in [0.2, 0.25) is 0 Å². The van der Waals surface area contributed by atoms with E-state index in [-0.39, 0.29) is 12.3 Å². The Hall–Kier alpha value is -4.13. The molecule has 1 saturated heterocycles. The number of nitrogens with zero attached hydrogens (tertiary/aromatic N) is 5. The molecule has 0 saturated carbocycles. The molecule has 10 heteroatoms. The average molecular weight is 481 g/mol. The van der Waals surface area contributed by atoms with Gasteiger partial charge in [0.15, 0.2) is 11.7 Å². The van der Waals surface area contributed by atoms with Crippen molar-refractivity contribution in [2.24, 2.45) is 0 Å². The fourth-order valence-corrected chi connectivity index (χ4v) is 3.94. The van der Waals surface area contributed by atoms with Crippen LogP contribution >= 0.6 is 0 Å². The third-order valence-corrected chi connectivity index (χ3v) is 5.68. The van der Waals surface area contributed by atoms with Gasteiger partial charge in [0.1, 0.15) is 12.3 Å². The van der Waals surface area contributed by atoms with Crippen LogP contribution in [0.5, 0.6) is 0 Å². The van der Waals surface area contributed by atoms with Crippen molar-refractivity contribution in [1.29, 1.82) is 5.26 Å². The molecular weight excluding hydrogens is 459 g/mol. The number of carbonyl (C=O) groups is 1. The van der Waals surface area contributed by atoms with Gasteiger partial charge in [-0.15, -0.1) is 0 Å². The predicted molar refractivity (Wildman–Crippen MR) is 125 cm³/mol. The number of rotatable bonds is 6. The van der Waals surface area contributed by atoms with Gasteiger partial charge in [-0.25, -0.2) is 9.97 Å². The van der Waals surface area contributed by atoms with Crippen LogP contribution < -0.4 is 9.80 Å². The summed E-state index contributed by atoms with van der Waals surface area (Å²) in [5.41, 5.74) is 1.10. The first kappa shape index (κ1) is 24.0. The Bertz CT molecular complexity index is 1280. The van der Waals surface area contributed by atoms with Gasteiger partial charge >= 0.3 is 12.1 Å². The lowest BCUT2D eigenvalue weighted by Crippen LogP contribution is -2.47. The van der Waals surface area contributed by atoms with Crippen LogP contribution in [0, 0.1) is 11.3 Å². The number of hydrogen-bond acceptors (Lipinski definition) is 7. The van der Waals surface area contributed by atoms with Crippen molar-refractivity contribution in [3.63, 3.8) is 0 Å². The van der Waals surface area contributed by atoms with Gasteiger partial charge in [-0.1, -0.05) is 30.9 Å². The molecule has 2 heterocycles. The minimum Gasteiger partial charge on any atom is -0.460 e. The fourth-order valence-electron chi connectivity index (χ4n) is 3.94. The molecule has 0 amide bonds. The summed E-state index contributed by atoms with van der Waals surface area (Å²) < 4.78 is 44.5. The van der Waals surface area contributed by atoms with Crippen molar-refractivity contribution in [2.75, 3.05) is 42.6 Å². The monoisotopic (exact) mass is 481 g/mol. The van der Waals surface area contributed by atoms with Crippen molar-refractivity contribution < 1.29 is 22.7 Å². The standard InChI is InChI=1S/C25H22F3N5O2/c1-2-14-35-24(34)19(16-29)22-23(31-21-9-4-3-8-20(21)30-22)33-12-10-32(11-13-33)18-7-5-6-17(15-18)25(26,27)28/h2-9,15,19H,1,10-14H2. The first-order chi connectivity index (χ1) is 16.8. The highest BCUT2D eigenvalue weighted by Crippen LogP contribution is 2.33. The van der Waals surface area contributed by atoms with Crippen LogP contribution in [0.15, 0.2) is 61.2 Å². The third-order valence-electron chi connectivity index (χ3n) is 5.68. The summed E-state index contributed by atoms with van der Waals surface area (Å²) in [6.07, 6.45) is -3.01. The van der Waals surface area contributed by atoms with Crippen LogP contribution in [0.1, 0.15) is 17.2 Å². The van der Waals surface area contributed by atoms with Crippen LogP contribution in [0.25, 0.3) is 11.0 Å². The molecule has 0 N–H and O–H groups in total. The second-order valence-electron chi connectivity index (χ2n) is 7.92. The van der Waals surface area contributed by atoms with Crippen LogP contribution in [-0.2, 0) is 15.7 Å².